The fraction of sp³-hybridized carbons (Fsp3) is 0.235. The summed E-state index contributed by atoms with van der Waals surface area (Å²) in [7, 11) is 0. The summed E-state index contributed by atoms with van der Waals surface area (Å²) in [5.41, 5.74) is 2.12. The Kier molecular flexibility index (Phi) is 5.28. The van der Waals surface area contributed by atoms with Gasteiger partial charge in [-0.1, -0.05) is 23.8 Å². The van der Waals surface area contributed by atoms with Crippen molar-refractivity contribution >= 4 is 11.7 Å². The number of nitrogens with one attached hydrogen (secondary N) is 2. The highest BCUT2D eigenvalue weighted by Gasteiger charge is 2.18. The highest BCUT2D eigenvalue weighted by Crippen LogP contribution is 2.20. The number of urea groups is 1. The first-order valence-electron chi connectivity index (χ1n) is 7.12. The average Bonchev–Trinajstić information content (AvgIpc) is 2.48. The maximum absolute atomic E-state index is 13.5. The molecule has 0 fully saturated rings. The first-order chi connectivity index (χ1) is 10.9. The Balaban J connectivity index is 1.96. The van der Waals surface area contributed by atoms with E-state index in [4.69, 9.17) is 0 Å². The maximum Gasteiger partial charge on any atom is 0.319 e. The van der Waals surface area contributed by atoms with Crippen molar-refractivity contribution in [2.75, 3.05) is 11.9 Å². The summed E-state index contributed by atoms with van der Waals surface area (Å²) < 4.78 is 27.1. The Hall–Kier alpha value is -2.47. The third kappa shape index (κ3) is 4.26. The summed E-state index contributed by atoms with van der Waals surface area (Å²) in [6, 6.07) is 8.28. The van der Waals surface area contributed by atoms with Gasteiger partial charge in [0, 0.05) is 12.2 Å². The quantitative estimate of drug-likeness (QED) is 0.808. The molecule has 0 heterocycles. The molecule has 1 atom stereocenters. The van der Waals surface area contributed by atoms with Gasteiger partial charge in [-0.3, -0.25) is 0 Å². The Morgan fingerprint density at radius 3 is 2.43 bits per heavy atom. The summed E-state index contributed by atoms with van der Waals surface area (Å²) in [6.07, 6.45) is -1.47. The van der Waals surface area contributed by atoms with Gasteiger partial charge in [0.25, 0.3) is 0 Å². The highest BCUT2D eigenvalue weighted by molar-refractivity contribution is 5.90. The lowest BCUT2D eigenvalue weighted by Gasteiger charge is -2.15. The fourth-order valence-corrected chi connectivity index (χ4v) is 2.24. The summed E-state index contributed by atoms with van der Waals surface area (Å²) in [5.74, 6) is -1.71. The van der Waals surface area contributed by atoms with Gasteiger partial charge >= 0.3 is 6.03 Å². The molecule has 1 unspecified atom stereocenters. The van der Waals surface area contributed by atoms with E-state index in [1.807, 2.05) is 26.0 Å². The second-order valence-corrected chi connectivity index (χ2v) is 5.30. The molecule has 2 amide bonds. The zero-order valence-corrected chi connectivity index (χ0v) is 12.9. The van der Waals surface area contributed by atoms with Gasteiger partial charge in [-0.25, -0.2) is 13.6 Å². The van der Waals surface area contributed by atoms with Crippen LogP contribution in [0, 0.1) is 25.5 Å². The zero-order chi connectivity index (χ0) is 17.0. The molecule has 3 N–H and O–H groups in total. The number of aliphatic hydroxyl groups excluding tert-OH is 1. The van der Waals surface area contributed by atoms with Crippen LogP contribution >= 0.6 is 0 Å². The van der Waals surface area contributed by atoms with Crippen molar-refractivity contribution in [1.29, 1.82) is 0 Å². The number of carbonyl (C=O) groups excluding carboxylic acids is 1. The third-order valence-electron chi connectivity index (χ3n) is 3.42. The van der Waals surface area contributed by atoms with E-state index in [-0.39, 0.29) is 6.54 Å². The summed E-state index contributed by atoms with van der Waals surface area (Å²) in [4.78, 5) is 11.8. The van der Waals surface area contributed by atoms with Crippen LogP contribution in [0.3, 0.4) is 0 Å². The van der Waals surface area contributed by atoms with E-state index in [1.54, 1.807) is 6.07 Å². The summed E-state index contributed by atoms with van der Waals surface area (Å²) in [5, 5.41) is 14.9. The van der Waals surface area contributed by atoms with Crippen LogP contribution in [0.4, 0.5) is 19.3 Å². The molecule has 0 aliphatic carbocycles. The molecule has 0 aliphatic rings. The van der Waals surface area contributed by atoms with E-state index in [0.717, 1.165) is 23.3 Å². The lowest BCUT2D eigenvalue weighted by Crippen LogP contribution is -2.33. The zero-order valence-electron chi connectivity index (χ0n) is 12.9. The minimum atomic E-state index is -1.47. The predicted octanol–water partition coefficient (Wildman–Crippen LogP) is 3.44. The second kappa shape index (κ2) is 7.19. The normalized spacial score (nSPS) is 11.9. The van der Waals surface area contributed by atoms with Crippen molar-refractivity contribution < 1.29 is 18.7 Å². The molecule has 6 heteroatoms. The molecule has 0 bridgehead atoms. The number of amides is 2. The number of anilines is 1. The van der Waals surface area contributed by atoms with Crippen molar-refractivity contribution in [1.82, 2.24) is 5.32 Å². The van der Waals surface area contributed by atoms with Gasteiger partial charge in [0.15, 0.2) is 0 Å². The van der Waals surface area contributed by atoms with Crippen molar-refractivity contribution in [3.63, 3.8) is 0 Å². The molecule has 4 nitrogen and oxygen atoms in total. The minimum Gasteiger partial charge on any atom is -0.386 e. The monoisotopic (exact) mass is 320 g/mol. The van der Waals surface area contributed by atoms with Crippen LogP contribution in [-0.4, -0.2) is 17.7 Å². The molecule has 0 radical (unpaired) electrons. The Bertz CT molecular complexity index is 699. The molecule has 23 heavy (non-hydrogen) atoms. The molecule has 0 saturated carbocycles. The average molecular weight is 320 g/mol. The van der Waals surface area contributed by atoms with Gasteiger partial charge in [-0.2, -0.15) is 0 Å². The number of aryl methyl sites for hydroxylation is 2. The van der Waals surface area contributed by atoms with E-state index < -0.39 is 29.3 Å². The van der Waals surface area contributed by atoms with Crippen LogP contribution in [-0.2, 0) is 0 Å². The lowest BCUT2D eigenvalue weighted by molar-refractivity contribution is 0.166. The molecule has 2 rings (SSSR count). The smallest absolute Gasteiger partial charge is 0.319 e. The topological polar surface area (TPSA) is 61.4 Å². The number of hydrogen-bond donors (Lipinski definition) is 3. The first kappa shape index (κ1) is 16.9. The van der Waals surface area contributed by atoms with Crippen molar-refractivity contribution in [3.05, 3.63) is 64.7 Å². The SMILES string of the molecule is Cc1ccc(NC(=O)NCC(O)c2c(F)cccc2F)c(C)c1. The maximum atomic E-state index is 13.5. The van der Waals surface area contributed by atoms with Crippen LogP contribution < -0.4 is 10.6 Å². The molecule has 0 aliphatic heterocycles. The lowest BCUT2D eigenvalue weighted by atomic mass is 10.1. The molecule has 0 aromatic heterocycles. The number of aliphatic hydroxyl groups is 1. The first-order valence-corrected chi connectivity index (χ1v) is 7.12. The van der Waals surface area contributed by atoms with Crippen LogP contribution in [0.5, 0.6) is 0 Å². The predicted molar refractivity (Wildman–Crippen MR) is 84.3 cm³/mol. The van der Waals surface area contributed by atoms with Gasteiger partial charge in [0.1, 0.15) is 17.7 Å². The standard InChI is InChI=1S/C17H18F2N2O2/c1-10-6-7-14(11(2)8-10)21-17(23)20-9-15(22)16-12(18)4-3-5-13(16)19/h3-8,15,22H,9H2,1-2H3,(H2,20,21,23). The number of hydrogen-bond acceptors (Lipinski definition) is 2. The van der Waals surface area contributed by atoms with Gasteiger partial charge in [0.05, 0.1) is 5.56 Å². The van der Waals surface area contributed by atoms with Gasteiger partial charge < -0.3 is 15.7 Å². The van der Waals surface area contributed by atoms with E-state index >= 15 is 0 Å². The van der Waals surface area contributed by atoms with Crippen LogP contribution in [0.15, 0.2) is 36.4 Å². The number of benzene rings is 2. The van der Waals surface area contributed by atoms with E-state index in [0.29, 0.717) is 5.69 Å². The summed E-state index contributed by atoms with van der Waals surface area (Å²) >= 11 is 0. The fourth-order valence-electron chi connectivity index (χ4n) is 2.24. The molecule has 122 valence electrons. The van der Waals surface area contributed by atoms with Gasteiger partial charge in [-0.15, -0.1) is 0 Å². The minimum absolute atomic E-state index is 0.311. The van der Waals surface area contributed by atoms with E-state index in [1.165, 1.54) is 6.07 Å². The summed E-state index contributed by atoms with van der Waals surface area (Å²) in [6.45, 7) is 3.48. The van der Waals surface area contributed by atoms with E-state index in [2.05, 4.69) is 10.6 Å². The number of rotatable bonds is 4. The molecule has 2 aromatic carbocycles. The third-order valence-corrected chi connectivity index (χ3v) is 3.42. The molecule has 2 aromatic rings. The van der Waals surface area contributed by atoms with Gasteiger partial charge in [0.2, 0.25) is 0 Å². The molecular weight excluding hydrogens is 302 g/mol. The van der Waals surface area contributed by atoms with E-state index in [9.17, 15) is 18.7 Å². The molecule has 0 saturated heterocycles. The van der Waals surface area contributed by atoms with Crippen molar-refractivity contribution in [2.24, 2.45) is 0 Å². The molecular formula is C17H18F2N2O2. The number of carbonyl (C=O) groups is 1. The van der Waals surface area contributed by atoms with Crippen molar-refractivity contribution in [2.45, 2.75) is 20.0 Å². The Labute approximate surface area is 133 Å². The second-order valence-electron chi connectivity index (χ2n) is 5.30. The Morgan fingerprint density at radius 2 is 1.83 bits per heavy atom. The highest BCUT2D eigenvalue weighted by atomic mass is 19.1. The van der Waals surface area contributed by atoms with Crippen molar-refractivity contribution in [3.8, 4) is 0 Å². The van der Waals surface area contributed by atoms with Crippen LogP contribution in [0.25, 0.3) is 0 Å². The van der Waals surface area contributed by atoms with Gasteiger partial charge in [-0.05, 0) is 37.6 Å². The van der Waals surface area contributed by atoms with Crippen LogP contribution in [0.1, 0.15) is 22.8 Å². The largest absolute Gasteiger partial charge is 0.386 e. The Morgan fingerprint density at radius 1 is 1.17 bits per heavy atom. The van der Waals surface area contributed by atoms with Crippen LogP contribution in [0.2, 0.25) is 0 Å². The molecule has 0 spiro atoms. The number of halogens is 2.